The van der Waals surface area contributed by atoms with Gasteiger partial charge in [0, 0.05) is 12.8 Å². The van der Waals surface area contributed by atoms with Crippen LogP contribution in [0.15, 0.2) is 48.6 Å². The van der Waals surface area contributed by atoms with E-state index in [0.717, 1.165) is 25.7 Å². The van der Waals surface area contributed by atoms with Crippen LogP contribution in [0.1, 0.15) is 168 Å². The number of unbranched alkanes of at least 4 members (excludes halogenated alkanes) is 17. The highest BCUT2D eigenvalue weighted by Crippen LogP contribution is 2.36. The lowest BCUT2D eigenvalue weighted by atomic mass is 10.0. The molecule has 4 N–H and O–H groups in total. The Labute approximate surface area is 315 Å². The highest BCUT2D eigenvalue weighted by molar-refractivity contribution is 7.46. The van der Waals surface area contributed by atoms with Crippen LogP contribution >= 0.6 is 7.82 Å². The van der Waals surface area contributed by atoms with Crippen molar-refractivity contribution in [1.82, 2.24) is 0 Å². The third-order valence-corrected chi connectivity index (χ3v) is 9.03. The number of aliphatic hydroxyl groups excluding tert-OH is 2. The lowest BCUT2D eigenvalue weighted by molar-refractivity contribution is -0.161. The molecule has 0 saturated carbocycles. The van der Waals surface area contributed by atoms with E-state index >= 15 is 0 Å². The van der Waals surface area contributed by atoms with Crippen LogP contribution < -0.4 is 0 Å². The van der Waals surface area contributed by atoms with Crippen molar-refractivity contribution in [3.8, 4) is 0 Å². The summed E-state index contributed by atoms with van der Waals surface area (Å²) >= 11 is 0. The van der Waals surface area contributed by atoms with Crippen molar-refractivity contribution in [2.75, 3.05) is 13.2 Å². The Kier molecular flexibility index (Phi) is 34.5. The van der Waals surface area contributed by atoms with Crippen molar-refractivity contribution in [3.05, 3.63) is 48.6 Å². The number of hydrogen-bond acceptors (Lipinski definition) is 8. The summed E-state index contributed by atoms with van der Waals surface area (Å²) < 4.78 is 26.2. The molecule has 302 valence electrons. The fourth-order valence-electron chi connectivity index (χ4n) is 5.45. The third-order valence-electron chi connectivity index (χ3n) is 8.54. The van der Waals surface area contributed by atoms with Gasteiger partial charge in [-0.05, 0) is 38.5 Å². The summed E-state index contributed by atoms with van der Waals surface area (Å²) in [5.41, 5.74) is 0. The third kappa shape index (κ3) is 37.7. The molecule has 52 heavy (non-hydrogen) atoms. The van der Waals surface area contributed by atoms with E-state index in [1.165, 1.54) is 89.9 Å². The number of esters is 2. The van der Waals surface area contributed by atoms with Crippen LogP contribution in [0.2, 0.25) is 0 Å². The number of carbonyl (C=O) groups is 2. The van der Waals surface area contributed by atoms with Gasteiger partial charge in [-0.2, -0.15) is 0 Å². The van der Waals surface area contributed by atoms with Gasteiger partial charge in [0.2, 0.25) is 0 Å². The second kappa shape index (κ2) is 35.9. The summed E-state index contributed by atoms with van der Waals surface area (Å²) in [5.74, 6) is -1.12. The first-order valence-corrected chi connectivity index (χ1v) is 21.7. The van der Waals surface area contributed by atoms with E-state index in [1.54, 1.807) is 36.5 Å². The first kappa shape index (κ1) is 49.9. The summed E-state index contributed by atoms with van der Waals surface area (Å²) in [5, 5.41) is 20.2. The summed E-state index contributed by atoms with van der Waals surface area (Å²) in [4.78, 5) is 42.8. The highest BCUT2D eigenvalue weighted by Gasteiger charge is 2.23. The smallest absolute Gasteiger partial charge is 0.462 e. The Hall–Kier alpha value is -2.07. The molecule has 0 fully saturated rings. The van der Waals surface area contributed by atoms with Gasteiger partial charge in [0.25, 0.3) is 0 Å². The van der Waals surface area contributed by atoms with Gasteiger partial charge in [-0.15, -0.1) is 0 Å². The van der Waals surface area contributed by atoms with Crippen LogP contribution in [0.4, 0.5) is 0 Å². The van der Waals surface area contributed by atoms with Crippen molar-refractivity contribution in [1.29, 1.82) is 0 Å². The number of allylic oxidation sites excluding steroid dienone is 5. The maximum atomic E-state index is 12.4. The number of rotatable bonds is 36. The topological polar surface area (TPSA) is 160 Å². The number of phosphoric acid groups is 1. The molecule has 0 aliphatic heterocycles. The molecule has 10 nitrogen and oxygen atoms in total. The van der Waals surface area contributed by atoms with Crippen LogP contribution in [0.5, 0.6) is 0 Å². The monoisotopic (exact) mass is 756 g/mol. The second-order valence-electron chi connectivity index (χ2n) is 13.7. The molecule has 0 bridgehead atoms. The number of phosphoric ester groups is 1. The van der Waals surface area contributed by atoms with Crippen LogP contribution in [0.25, 0.3) is 0 Å². The van der Waals surface area contributed by atoms with Gasteiger partial charge in [0.15, 0.2) is 6.10 Å². The second-order valence-corrected chi connectivity index (χ2v) is 14.9. The van der Waals surface area contributed by atoms with Gasteiger partial charge in [-0.25, -0.2) is 4.57 Å². The predicted molar refractivity (Wildman–Crippen MR) is 210 cm³/mol. The number of carbonyl (C=O) groups excluding carboxylic acids is 2. The highest BCUT2D eigenvalue weighted by atomic mass is 31.2. The van der Waals surface area contributed by atoms with Gasteiger partial charge >= 0.3 is 19.8 Å². The molecule has 0 aliphatic rings. The lowest BCUT2D eigenvalue weighted by Gasteiger charge is -2.18. The van der Waals surface area contributed by atoms with Crippen LogP contribution in [-0.2, 0) is 28.2 Å². The molecule has 0 aliphatic carbocycles. The normalized spacial score (nSPS) is 14.2. The Morgan fingerprint density at radius 3 is 1.65 bits per heavy atom. The molecule has 0 amide bonds. The molecule has 0 aromatic rings. The van der Waals surface area contributed by atoms with E-state index in [2.05, 4.69) is 24.4 Å². The largest absolute Gasteiger partial charge is 0.469 e. The minimum atomic E-state index is -4.82. The van der Waals surface area contributed by atoms with Crippen LogP contribution in [0.3, 0.4) is 0 Å². The molecule has 0 heterocycles. The van der Waals surface area contributed by atoms with Crippen molar-refractivity contribution in [3.63, 3.8) is 0 Å². The fourth-order valence-corrected chi connectivity index (χ4v) is 5.81. The first-order valence-electron chi connectivity index (χ1n) is 20.1. The minimum absolute atomic E-state index is 0.0477. The molecular weight excluding hydrogens is 683 g/mol. The predicted octanol–water partition coefficient (Wildman–Crippen LogP) is 9.90. The Bertz CT molecular complexity index is 1020. The molecule has 11 heteroatoms. The Balaban J connectivity index is 4.21. The van der Waals surface area contributed by atoms with Gasteiger partial charge in [0.1, 0.15) is 6.61 Å². The van der Waals surface area contributed by atoms with Crippen LogP contribution in [-0.4, -0.2) is 63.5 Å². The number of aliphatic hydroxyl groups is 2. The molecule has 0 saturated heterocycles. The molecule has 0 unspecified atom stereocenters. The van der Waals surface area contributed by atoms with Gasteiger partial charge in [0.05, 0.1) is 18.8 Å². The molecule has 0 spiro atoms. The van der Waals surface area contributed by atoms with Crippen molar-refractivity contribution in [2.45, 2.75) is 186 Å². The van der Waals surface area contributed by atoms with E-state index < -0.39 is 44.7 Å². The Morgan fingerprint density at radius 1 is 0.596 bits per heavy atom. The van der Waals surface area contributed by atoms with Gasteiger partial charge in [-0.1, -0.05) is 165 Å². The van der Waals surface area contributed by atoms with Crippen LogP contribution in [0, 0.1) is 0 Å². The minimum Gasteiger partial charge on any atom is -0.462 e. The average Bonchev–Trinajstić information content (AvgIpc) is 3.10. The molecule has 0 radical (unpaired) electrons. The average molecular weight is 757 g/mol. The van der Waals surface area contributed by atoms with E-state index in [0.29, 0.717) is 19.3 Å². The maximum Gasteiger partial charge on any atom is 0.469 e. The SMILES string of the molecule is CCCCC/C=C\C[C@H](O)/C=C/C=C/C=C\[C@H](O)CCCC(=O)O[C@H](COC(=O)CCCCCCCCCCCCCCCCC)COP(=O)(O)O. The summed E-state index contributed by atoms with van der Waals surface area (Å²) in [6, 6.07) is 0. The molecular formula is C41H73O10P. The lowest BCUT2D eigenvalue weighted by Crippen LogP contribution is -2.29. The van der Waals surface area contributed by atoms with Gasteiger partial charge in [-0.3, -0.25) is 14.1 Å². The zero-order chi connectivity index (χ0) is 38.5. The van der Waals surface area contributed by atoms with Crippen molar-refractivity contribution >= 4 is 19.8 Å². The van der Waals surface area contributed by atoms with Gasteiger partial charge < -0.3 is 29.5 Å². The first-order chi connectivity index (χ1) is 25.1. The summed E-state index contributed by atoms with van der Waals surface area (Å²) in [6.45, 7) is 3.42. The number of hydrogen-bond donors (Lipinski definition) is 4. The summed E-state index contributed by atoms with van der Waals surface area (Å²) in [6.07, 6.45) is 36.0. The van der Waals surface area contributed by atoms with Crippen molar-refractivity contribution in [2.24, 2.45) is 0 Å². The Morgan fingerprint density at radius 2 is 1.10 bits per heavy atom. The maximum absolute atomic E-state index is 12.4. The zero-order valence-corrected chi connectivity index (χ0v) is 33.3. The van der Waals surface area contributed by atoms with Crippen molar-refractivity contribution < 1.29 is 48.2 Å². The molecule has 0 aromatic heterocycles. The summed E-state index contributed by atoms with van der Waals surface area (Å²) in [7, 11) is -4.82. The number of ether oxygens (including phenoxy) is 2. The molecule has 3 atom stereocenters. The zero-order valence-electron chi connectivity index (χ0n) is 32.4. The molecule has 0 aromatic carbocycles. The van der Waals surface area contributed by atoms with E-state index in [9.17, 15) is 24.4 Å². The van der Waals surface area contributed by atoms with E-state index in [4.69, 9.17) is 19.3 Å². The quantitative estimate of drug-likeness (QED) is 0.0159. The molecule has 0 rings (SSSR count). The standard InChI is InChI=1S/C41H73O10P/c1-3-5-7-9-11-12-13-14-15-16-17-18-19-21-27-33-40(44)49-35-39(36-50-52(46,47)48)51-41(45)34-28-32-38(43)31-26-23-22-25-30-37(42)29-24-20-10-8-6-4-2/h20,22-26,30-31,37-39,42-43H,3-19,21,27-29,32-36H2,1-2H3,(H2,46,47,48)/b23-22+,24-20-,30-25+,31-26-/t37-,38-,39+/m0/s1. The van der Waals surface area contributed by atoms with E-state index in [1.807, 2.05) is 6.08 Å². The van der Waals surface area contributed by atoms with E-state index in [-0.39, 0.29) is 25.9 Å². The fraction of sp³-hybridized carbons (Fsp3) is 0.756.